The maximum Gasteiger partial charge on any atom is 0.277 e. The lowest BCUT2D eigenvalue weighted by Gasteiger charge is -2.31. The summed E-state index contributed by atoms with van der Waals surface area (Å²) >= 11 is 0. The molecule has 144 valence electrons. The van der Waals surface area contributed by atoms with Gasteiger partial charge in [-0.3, -0.25) is 14.5 Å². The normalized spacial score (nSPS) is 21.6. The summed E-state index contributed by atoms with van der Waals surface area (Å²) in [6.07, 6.45) is 6.66. The second-order valence-corrected chi connectivity index (χ2v) is 7.61. The molecule has 6 nitrogen and oxygen atoms in total. The number of ether oxygens (including phenoxy) is 1. The molecule has 2 fully saturated rings. The van der Waals surface area contributed by atoms with Crippen molar-refractivity contribution in [2.24, 2.45) is 0 Å². The Morgan fingerprint density at radius 1 is 1.07 bits per heavy atom. The zero-order valence-corrected chi connectivity index (χ0v) is 15.9. The van der Waals surface area contributed by atoms with Gasteiger partial charge in [0.2, 0.25) is 0 Å². The van der Waals surface area contributed by atoms with E-state index in [-0.39, 0.29) is 17.9 Å². The molecule has 27 heavy (non-hydrogen) atoms. The minimum atomic E-state index is -0.193. The van der Waals surface area contributed by atoms with Crippen LogP contribution in [0.1, 0.15) is 37.7 Å². The van der Waals surface area contributed by atoms with Gasteiger partial charge in [-0.2, -0.15) is 0 Å². The van der Waals surface area contributed by atoms with Crippen molar-refractivity contribution in [3.63, 3.8) is 0 Å². The highest BCUT2D eigenvalue weighted by Gasteiger charge is 2.37. The predicted octanol–water partition coefficient (Wildman–Crippen LogP) is 2.83. The standard InChI is InChI=1S/C21H27N3O3/c1-15-7-8-19(23-9-11-27-12-10-23)17(13-15)22-18-14-20(25)24(21(18)26)16-5-3-2-4-6-16/h7-8,13-14,16,22H,2-6,9-12H2,1H3. The number of imide groups is 1. The number of morpholine rings is 1. The number of nitrogens with zero attached hydrogens (tertiary/aromatic N) is 2. The molecule has 1 saturated heterocycles. The summed E-state index contributed by atoms with van der Waals surface area (Å²) in [5, 5.41) is 3.26. The van der Waals surface area contributed by atoms with Crippen LogP contribution >= 0.6 is 0 Å². The molecule has 2 amide bonds. The van der Waals surface area contributed by atoms with E-state index in [0.29, 0.717) is 18.9 Å². The summed E-state index contributed by atoms with van der Waals surface area (Å²) in [7, 11) is 0. The fourth-order valence-corrected chi connectivity index (χ4v) is 4.23. The van der Waals surface area contributed by atoms with Crippen LogP contribution < -0.4 is 10.2 Å². The third kappa shape index (κ3) is 3.72. The van der Waals surface area contributed by atoms with Gasteiger partial charge >= 0.3 is 0 Å². The topological polar surface area (TPSA) is 61.9 Å². The first-order valence-corrected chi connectivity index (χ1v) is 9.93. The molecule has 1 N–H and O–H groups in total. The van der Waals surface area contributed by atoms with Crippen molar-refractivity contribution in [1.29, 1.82) is 0 Å². The molecule has 0 unspecified atom stereocenters. The van der Waals surface area contributed by atoms with Crippen LogP contribution in [-0.2, 0) is 14.3 Å². The van der Waals surface area contributed by atoms with Crippen LogP contribution in [0.4, 0.5) is 11.4 Å². The second-order valence-electron chi connectivity index (χ2n) is 7.61. The molecule has 6 heteroatoms. The summed E-state index contributed by atoms with van der Waals surface area (Å²) < 4.78 is 5.45. The third-order valence-corrected chi connectivity index (χ3v) is 5.67. The summed E-state index contributed by atoms with van der Waals surface area (Å²) in [6, 6.07) is 6.22. The Morgan fingerprint density at radius 3 is 2.56 bits per heavy atom. The van der Waals surface area contributed by atoms with Crippen LogP contribution in [0, 0.1) is 6.92 Å². The summed E-state index contributed by atoms with van der Waals surface area (Å²) in [5.41, 5.74) is 3.40. The average molecular weight is 369 g/mol. The number of carbonyl (C=O) groups excluding carboxylic acids is 2. The minimum Gasteiger partial charge on any atom is -0.378 e. The third-order valence-electron chi connectivity index (χ3n) is 5.67. The zero-order valence-electron chi connectivity index (χ0n) is 15.9. The molecule has 0 aromatic heterocycles. The van der Waals surface area contributed by atoms with Gasteiger partial charge < -0.3 is 15.0 Å². The number of anilines is 2. The van der Waals surface area contributed by atoms with Gasteiger partial charge in [-0.25, -0.2) is 0 Å². The Hall–Kier alpha value is -2.34. The lowest BCUT2D eigenvalue weighted by atomic mass is 9.94. The molecular formula is C21H27N3O3. The molecule has 1 saturated carbocycles. The highest BCUT2D eigenvalue weighted by molar-refractivity contribution is 6.18. The lowest BCUT2D eigenvalue weighted by molar-refractivity contribution is -0.140. The fraction of sp³-hybridized carbons (Fsp3) is 0.524. The first-order valence-electron chi connectivity index (χ1n) is 9.93. The molecule has 0 bridgehead atoms. The smallest absolute Gasteiger partial charge is 0.277 e. The number of aryl methyl sites for hydroxylation is 1. The van der Waals surface area contributed by atoms with Crippen LogP contribution in [0.3, 0.4) is 0 Å². The van der Waals surface area contributed by atoms with Crippen LogP contribution in [0.25, 0.3) is 0 Å². The number of carbonyl (C=O) groups is 2. The molecule has 3 aliphatic rings. The van der Waals surface area contributed by atoms with E-state index in [1.165, 1.54) is 17.4 Å². The summed E-state index contributed by atoms with van der Waals surface area (Å²) in [4.78, 5) is 29.2. The minimum absolute atomic E-state index is 0.0468. The maximum absolute atomic E-state index is 12.9. The molecule has 0 spiro atoms. The zero-order chi connectivity index (χ0) is 18.8. The van der Waals surface area contributed by atoms with Gasteiger partial charge in [-0.15, -0.1) is 0 Å². The van der Waals surface area contributed by atoms with Crippen LogP contribution in [-0.4, -0.2) is 49.1 Å². The van der Waals surface area contributed by atoms with E-state index in [9.17, 15) is 9.59 Å². The highest BCUT2D eigenvalue weighted by Crippen LogP contribution is 2.32. The van der Waals surface area contributed by atoms with E-state index < -0.39 is 0 Å². The average Bonchev–Trinajstić information content (AvgIpc) is 2.96. The lowest BCUT2D eigenvalue weighted by Crippen LogP contribution is -2.42. The van der Waals surface area contributed by atoms with Gasteiger partial charge in [0.1, 0.15) is 5.70 Å². The summed E-state index contributed by atoms with van der Waals surface area (Å²) in [6.45, 7) is 5.06. The molecule has 1 aliphatic carbocycles. The molecule has 0 radical (unpaired) electrons. The summed E-state index contributed by atoms with van der Waals surface area (Å²) in [5.74, 6) is -0.378. The first kappa shape index (κ1) is 18.0. The molecule has 4 rings (SSSR count). The van der Waals surface area contributed by atoms with Crippen molar-refractivity contribution in [3.8, 4) is 0 Å². The van der Waals surface area contributed by atoms with Gasteiger partial charge in [0.05, 0.1) is 24.6 Å². The van der Waals surface area contributed by atoms with Crippen molar-refractivity contribution in [3.05, 3.63) is 35.5 Å². The van der Waals surface area contributed by atoms with Crippen molar-refractivity contribution in [2.75, 3.05) is 36.5 Å². The van der Waals surface area contributed by atoms with E-state index in [1.807, 2.05) is 13.0 Å². The quantitative estimate of drug-likeness (QED) is 0.827. The van der Waals surface area contributed by atoms with Gasteiger partial charge in [0, 0.05) is 25.2 Å². The van der Waals surface area contributed by atoms with Crippen molar-refractivity contribution >= 4 is 23.2 Å². The SMILES string of the molecule is Cc1ccc(N2CCOCC2)c(NC2=CC(=O)N(C3CCCCC3)C2=O)c1. The van der Waals surface area contributed by atoms with Gasteiger partial charge in [-0.05, 0) is 37.5 Å². The van der Waals surface area contributed by atoms with E-state index in [0.717, 1.165) is 55.7 Å². The van der Waals surface area contributed by atoms with Crippen molar-refractivity contribution in [1.82, 2.24) is 4.90 Å². The number of benzene rings is 1. The Morgan fingerprint density at radius 2 is 1.81 bits per heavy atom. The number of nitrogens with one attached hydrogen (secondary N) is 1. The Labute approximate surface area is 160 Å². The molecule has 1 aromatic rings. The molecular weight excluding hydrogens is 342 g/mol. The molecule has 2 heterocycles. The molecule has 0 atom stereocenters. The number of amides is 2. The molecule has 2 aliphatic heterocycles. The van der Waals surface area contributed by atoms with E-state index in [1.54, 1.807) is 0 Å². The van der Waals surface area contributed by atoms with Crippen molar-refractivity contribution in [2.45, 2.75) is 45.1 Å². The number of hydrogen-bond acceptors (Lipinski definition) is 5. The van der Waals surface area contributed by atoms with E-state index in [4.69, 9.17) is 4.74 Å². The van der Waals surface area contributed by atoms with E-state index >= 15 is 0 Å². The largest absolute Gasteiger partial charge is 0.378 e. The van der Waals surface area contributed by atoms with Crippen LogP contribution in [0.5, 0.6) is 0 Å². The maximum atomic E-state index is 12.9. The Kier molecular flexibility index (Phi) is 5.16. The predicted molar refractivity (Wildman–Crippen MR) is 105 cm³/mol. The van der Waals surface area contributed by atoms with E-state index in [2.05, 4.69) is 22.3 Å². The van der Waals surface area contributed by atoms with Gasteiger partial charge in [0.15, 0.2) is 0 Å². The van der Waals surface area contributed by atoms with Crippen LogP contribution in [0.15, 0.2) is 30.0 Å². The second kappa shape index (κ2) is 7.72. The Balaban J connectivity index is 1.55. The number of rotatable bonds is 4. The first-order chi connectivity index (χ1) is 13.1. The van der Waals surface area contributed by atoms with Crippen molar-refractivity contribution < 1.29 is 14.3 Å². The van der Waals surface area contributed by atoms with Gasteiger partial charge in [0.25, 0.3) is 11.8 Å². The monoisotopic (exact) mass is 369 g/mol. The van der Waals surface area contributed by atoms with Crippen LogP contribution in [0.2, 0.25) is 0 Å². The highest BCUT2D eigenvalue weighted by atomic mass is 16.5. The molecule has 1 aromatic carbocycles. The Bertz CT molecular complexity index is 762. The fourth-order valence-electron chi connectivity index (χ4n) is 4.23. The number of hydrogen-bond donors (Lipinski definition) is 1. The van der Waals surface area contributed by atoms with Gasteiger partial charge in [-0.1, -0.05) is 25.3 Å².